The molecule has 0 aliphatic rings. The van der Waals surface area contributed by atoms with Crippen molar-refractivity contribution in [2.24, 2.45) is 5.10 Å². The van der Waals surface area contributed by atoms with Gasteiger partial charge in [-0.05, 0) is 56.7 Å². The molecule has 0 aliphatic carbocycles. The van der Waals surface area contributed by atoms with E-state index >= 15 is 0 Å². The van der Waals surface area contributed by atoms with Crippen LogP contribution in [0.25, 0.3) is 0 Å². The number of carbonyl (C=O) groups excluding carboxylic acids is 1. The van der Waals surface area contributed by atoms with Crippen molar-refractivity contribution in [3.05, 3.63) is 48.2 Å². The lowest BCUT2D eigenvalue weighted by Crippen LogP contribution is -2.34. The van der Waals surface area contributed by atoms with Gasteiger partial charge >= 0.3 is 0 Å². The molecule has 1 amide bonds. The Bertz CT molecular complexity index is 746. The number of ether oxygens (including phenoxy) is 2. The third-order valence-corrected chi connectivity index (χ3v) is 3.79. The van der Waals surface area contributed by atoms with E-state index < -0.39 is 0 Å². The number of hydrogen-bond acceptors (Lipinski definition) is 6. The van der Waals surface area contributed by atoms with E-state index in [0.717, 1.165) is 5.56 Å². The predicted octanol–water partition coefficient (Wildman–Crippen LogP) is 3.17. The molecule has 0 atom stereocenters. The minimum Gasteiger partial charge on any atom is -0.490 e. The number of hydrogen-bond donors (Lipinski definition) is 1. The molecule has 7 nitrogen and oxygen atoms in total. The van der Waals surface area contributed by atoms with Crippen LogP contribution < -0.4 is 14.9 Å². The zero-order chi connectivity index (χ0) is 19.5. The highest BCUT2D eigenvalue weighted by Gasteiger charge is 2.12. The molecular weight excluding hydrogens is 344 g/mol. The number of pyridine rings is 1. The van der Waals surface area contributed by atoms with Crippen molar-refractivity contribution in [1.82, 2.24) is 9.88 Å². The first kappa shape index (κ1) is 20.2. The first-order valence-electron chi connectivity index (χ1n) is 9.05. The summed E-state index contributed by atoms with van der Waals surface area (Å²) in [5.74, 6) is 1.72. The van der Waals surface area contributed by atoms with Crippen LogP contribution in [0, 0.1) is 0 Å². The monoisotopic (exact) mass is 370 g/mol. The molecule has 1 heterocycles. The molecule has 0 aliphatic heterocycles. The van der Waals surface area contributed by atoms with Gasteiger partial charge in [-0.3, -0.25) is 10.2 Å². The van der Waals surface area contributed by atoms with Gasteiger partial charge in [0, 0.05) is 19.3 Å². The van der Waals surface area contributed by atoms with Gasteiger partial charge in [0.2, 0.25) is 0 Å². The number of aromatic nitrogens is 1. The summed E-state index contributed by atoms with van der Waals surface area (Å²) in [5, 5.41) is 4.17. The highest BCUT2D eigenvalue weighted by atomic mass is 16.5. The molecule has 144 valence electrons. The van der Waals surface area contributed by atoms with Crippen LogP contribution >= 0.6 is 0 Å². The van der Waals surface area contributed by atoms with E-state index in [1.807, 2.05) is 51.1 Å². The third kappa shape index (κ3) is 6.29. The van der Waals surface area contributed by atoms with Gasteiger partial charge in [-0.15, -0.1) is 0 Å². The summed E-state index contributed by atoms with van der Waals surface area (Å²) in [6.45, 7) is 7.59. The number of amides is 1. The molecule has 0 unspecified atom stereocenters. The van der Waals surface area contributed by atoms with E-state index in [1.165, 1.54) is 0 Å². The standard InChI is InChI=1S/C20H26N4O3/c1-4-24(5-2)20(25)15-27-17-11-10-16(13-18(17)26-6-3)14-22-23-19-9-7-8-12-21-19/h7-14H,4-6,15H2,1-3H3,(H,21,23)/b22-14+. The van der Waals surface area contributed by atoms with Gasteiger partial charge in [0.1, 0.15) is 5.82 Å². The summed E-state index contributed by atoms with van der Waals surface area (Å²) in [4.78, 5) is 18.0. The zero-order valence-corrected chi connectivity index (χ0v) is 16.0. The van der Waals surface area contributed by atoms with Crippen molar-refractivity contribution < 1.29 is 14.3 Å². The van der Waals surface area contributed by atoms with Gasteiger partial charge in [-0.1, -0.05) is 6.07 Å². The van der Waals surface area contributed by atoms with E-state index in [9.17, 15) is 4.79 Å². The van der Waals surface area contributed by atoms with Crippen molar-refractivity contribution >= 4 is 17.9 Å². The van der Waals surface area contributed by atoms with Crippen LogP contribution in [0.2, 0.25) is 0 Å². The molecule has 0 saturated carbocycles. The first-order valence-corrected chi connectivity index (χ1v) is 9.05. The van der Waals surface area contributed by atoms with Gasteiger partial charge in [-0.2, -0.15) is 5.10 Å². The van der Waals surface area contributed by atoms with Crippen molar-refractivity contribution in [3.8, 4) is 11.5 Å². The summed E-state index contributed by atoms with van der Waals surface area (Å²) >= 11 is 0. The highest BCUT2D eigenvalue weighted by Crippen LogP contribution is 2.28. The van der Waals surface area contributed by atoms with Crippen LogP contribution in [-0.4, -0.2) is 48.3 Å². The smallest absolute Gasteiger partial charge is 0.260 e. The normalized spacial score (nSPS) is 10.6. The topological polar surface area (TPSA) is 76.0 Å². The summed E-state index contributed by atoms with van der Waals surface area (Å²) in [6, 6.07) is 11.0. The van der Waals surface area contributed by atoms with E-state index in [0.29, 0.717) is 37.0 Å². The molecule has 2 aromatic rings. The SMILES string of the molecule is CCOc1cc(/C=N/Nc2ccccn2)ccc1OCC(=O)N(CC)CC. The Morgan fingerprint density at radius 3 is 2.63 bits per heavy atom. The zero-order valence-electron chi connectivity index (χ0n) is 16.0. The summed E-state index contributed by atoms with van der Waals surface area (Å²) in [5.41, 5.74) is 3.70. The number of anilines is 1. The Hall–Kier alpha value is -3.09. The molecule has 7 heteroatoms. The molecule has 0 fully saturated rings. The lowest BCUT2D eigenvalue weighted by Gasteiger charge is -2.19. The maximum Gasteiger partial charge on any atom is 0.260 e. The molecule has 0 saturated heterocycles. The Morgan fingerprint density at radius 2 is 1.96 bits per heavy atom. The lowest BCUT2D eigenvalue weighted by molar-refractivity contribution is -0.132. The van der Waals surface area contributed by atoms with Crippen molar-refractivity contribution in [1.29, 1.82) is 0 Å². The molecule has 1 aromatic carbocycles. The second-order valence-electron chi connectivity index (χ2n) is 5.58. The van der Waals surface area contributed by atoms with Gasteiger partial charge in [0.05, 0.1) is 12.8 Å². The van der Waals surface area contributed by atoms with Crippen molar-refractivity contribution in [2.75, 3.05) is 31.7 Å². The Morgan fingerprint density at radius 1 is 1.15 bits per heavy atom. The number of benzene rings is 1. The van der Waals surface area contributed by atoms with Crippen LogP contribution in [0.4, 0.5) is 5.82 Å². The average Bonchev–Trinajstić information content (AvgIpc) is 2.69. The van der Waals surface area contributed by atoms with Crippen molar-refractivity contribution in [2.45, 2.75) is 20.8 Å². The first-order chi connectivity index (χ1) is 13.2. The molecule has 0 spiro atoms. The molecule has 0 radical (unpaired) electrons. The second-order valence-corrected chi connectivity index (χ2v) is 5.58. The highest BCUT2D eigenvalue weighted by molar-refractivity contribution is 5.81. The van der Waals surface area contributed by atoms with Gasteiger partial charge < -0.3 is 14.4 Å². The number of nitrogens with zero attached hydrogens (tertiary/aromatic N) is 3. The molecular formula is C20H26N4O3. The minimum atomic E-state index is -0.0485. The summed E-state index contributed by atoms with van der Waals surface area (Å²) in [6.07, 6.45) is 3.36. The fourth-order valence-electron chi connectivity index (χ4n) is 2.40. The number of nitrogens with one attached hydrogen (secondary N) is 1. The van der Waals surface area contributed by atoms with Crippen LogP contribution in [0.3, 0.4) is 0 Å². The van der Waals surface area contributed by atoms with E-state index in [-0.39, 0.29) is 12.5 Å². The van der Waals surface area contributed by atoms with Crippen LogP contribution in [0.5, 0.6) is 11.5 Å². The molecule has 2 rings (SSSR count). The maximum absolute atomic E-state index is 12.1. The van der Waals surface area contributed by atoms with Crippen molar-refractivity contribution in [3.63, 3.8) is 0 Å². The van der Waals surface area contributed by atoms with Gasteiger partial charge in [0.15, 0.2) is 18.1 Å². The summed E-state index contributed by atoms with van der Waals surface area (Å²) < 4.78 is 11.3. The number of likely N-dealkylation sites (N-methyl/N-ethyl adjacent to an activating group) is 1. The summed E-state index contributed by atoms with van der Waals surface area (Å²) in [7, 11) is 0. The molecule has 1 aromatic heterocycles. The fourth-order valence-corrected chi connectivity index (χ4v) is 2.40. The molecule has 27 heavy (non-hydrogen) atoms. The number of hydrazone groups is 1. The Labute approximate surface area is 160 Å². The number of carbonyl (C=O) groups is 1. The van der Waals surface area contributed by atoms with Crippen LogP contribution in [-0.2, 0) is 4.79 Å². The maximum atomic E-state index is 12.1. The van der Waals surface area contributed by atoms with Gasteiger partial charge in [0.25, 0.3) is 5.91 Å². The fraction of sp³-hybridized carbons (Fsp3) is 0.350. The third-order valence-electron chi connectivity index (χ3n) is 3.79. The number of rotatable bonds is 10. The quantitative estimate of drug-likeness (QED) is 0.513. The average molecular weight is 370 g/mol. The molecule has 0 bridgehead atoms. The van der Waals surface area contributed by atoms with Crippen LogP contribution in [0.1, 0.15) is 26.3 Å². The lowest BCUT2D eigenvalue weighted by atomic mass is 10.2. The van der Waals surface area contributed by atoms with Crippen LogP contribution in [0.15, 0.2) is 47.7 Å². The second kappa shape index (κ2) is 10.8. The van der Waals surface area contributed by atoms with E-state index in [4.69, 9.17) is 9.47 Å². The Kier molecular flexibility index (Phi) is 8.09. The predicted molar refractivity (Wildman–Crippen MR) is 106 cm³/mol. The Balaban J connectivity index is 2.03. The van der Waals surface area contributed by atoms with Gasteiger partial charge in [-0.25, -0.2) is 4.98 Å². The molecule has 1 N–H and O–H groups in total. The largest absolute Gasteiger partial charge is 0.490 e. The van der Waals surface area contributed by atoms with E-state index in [2.05, 4.69) is 15.5 Å². The van der Waals surface area contributed by atoms with E-state index in [1.54, 1.807) is 23.4 Å². The minimum absolute atomic E-state index is 0.0174.